The molecule has 0 aromatic heterocycles. The van der Waals surface area contributed by atoms with E-state index in [1.54, 1.807) is 0 Å². The van der Waals surface area contributed by atoms with E-state index in [0.29, 0.717) is 19.3 Å². The zero-order valence-electron chi connectivity index (χ0n) is 40.7. The Morgan fingerprint density at radius 3 is 1.50 bits per heavy atom. The molecule has 0 saturated carbocycles. The highest BCUT2D eigenvalue weighted by atomic mass is 16.5. The molecule has 0 rings (SSSR count). The van der Waals surface area contributed by atoms with Crippen molar-refractivity contribution >= 4 is 11.9 Å². The molecule has 0 aromatic carbocycles. The Kier molecular flexibility index (Phi) is 47.2. The molecule has 0 bridgehead atoms. The van der Waals surface area contributed by atoms with Crippen molar-refractivity contribution in [2.75, 3.05) is 6.61 Å². The van der Waals surface area contributed by atoms with Crippen LogP contribution in [0.25, 0.3) is 0 Å². The van der Waals surface area contributed by atoms with Crippen LogP contribution in [-0.4, -0.2) is 46.9 Å². The second-order valence-corrected chi connectivity index (χ2v) is 17.6. The van der Waals surface area contributed by atoms with Crippen molar-refractivity contribution in [2.24, 2.45) is 0 Å². The van der Waals surface area contributed by atoms with E-state index in [9.17, 15) is 19.8 Å². The number of carbonyl (C=O) groups excluding carboxylic acids is 2. The summed E-state index contributed by atoms with van der Waals surface area (Å²) in [6, 6.07) is -0.720. The van der Waals surface area contributed by atoms with E-state index in [-0.39, 0.29) is 24.9 Å². The molecular formula is C56H99NO5. The quantitative estimate of drug-likeness (QED) is 0.0245. The summed E-state index contributed by atoms with van der Waals surface area (Å²) in [5.41, 5.74) is 0. The van der Waals surface area contributed by atoms with Gasteiger partial charge in [0.05, 0.1) is 25.2 Å². The maximum absolute atomic E-state index is 13.2. The average Bonchev–Trinajstić information content (AvgIpc) is 3.26. The number of aliphatic hydroxyl groups is 2. The molecule has 3 atom stereocenters. The summed E-state index contributed by atoms with van der Waals surface area (Å²) in [5, 5.41) is 23.8. The first-order valence-corrected chi connectivity index (χ1v) is 26.2. The van der Waals surface area contributed by atoms with E-state index >= 15 is 0 Å². The Labute approximate surface area is 383 Å². The number of amides is 1. The molecule has 358 valence electrons. The summed E-state index contributed by atoms with van der Waals surface area (Å²) in [5.74, 6) is -0.536. The van der Waals surface area contributed by atoms with Crippen LogP contribution in [0.1, 0.15) is 245 Å². The Hall–Kier alpha value is -2.70. The number of hydrogen-bond donors (Lipinski definition) is 3. The number of allylic oxidation sites excluding steroid dienone is 12. The molecule has 6 heteroatoms. The van der Waals surface area contributed by atoms with Crippen molar-refractivity contribution in [3.8, 4) is 0 Å². The molecule has 0 aliphatic carbocycles. The molecule has 3 N–H and O–H groups in total. The van der Waals surface area contributed by atoms with Gasteiger partial charge in [-0.05, 0) is 83.5 Å². The number of unbranched alkanes of at least 4 members (excludes halogenated alkanes) is 24. The third-order valence-electron chi connectivity index (χ3n) is 11.6. The highest BCUT2D eigenvalue weighted by Crippen LogP contribution is 2.17. The van der Waals surface area contributed by atoms with Gasteiger partial charge in [0.15, 0.2) is 0 Å². The van der Waals surface area contributed by atoms with Gasteiger partial charge >= 0.3 is 5.97 Å². The lowest BCUT2D eigenvalue weighted by molar-refractivity contribution is -0.151. The van der Waals surface area contributed by atoms with E-state index in [2.05, 4.69) is 86.8 Å². The Bertz CT molecular complexity index is 1150. The predicted octanol–water partition coefficient (Wildman–Crippen LogP) is 15.8. The number of esters is 1. The number of hydrogen-bond acceptors (Lipinski definition) is 5. The van der Waals surface area contributed by atoms with Crippen molar-refractivity contribution in [2.45, 2.75) is 264 Å². The van der Waals surface area contributed by atoms with Crippen molar-refractivity contribution in [1.29, 1.82) is 0 Å². The van der Waals surface area contributed by atoms with Gasteiger partial charge in [-0.1, -0.05) is 222 Å². The van der Waals surface area contributed by atoms with Crippen LogP contribution in [0.3, 0.4) is 0 Å². The van der Waals surface area contributed by atoms with Gasteiger partial charge in [0.1, 0.15) is 6.10 Å². The number of carbonyl (C=O) groups is 2. The Morgan fingerprint density at radius 2 is 0.935 bits per heavy atom. The first kappa shape index (κ1) is 59.3. The molecule has 0 spiro atoms. The standard InChI is InChI=1S/C56H99NO5/c1-4-7-10-13-16-19-22-24-26-27-29-31-34-37-40-43-46-49-56(61)62-52(47-44-41-38-35-32-21-18-15-12-9-6-3)50-55(60)57-53(51-58)54(59)48-45-42-39-36-33-30-28-25-23-20-17-14-11-8-5-2/h9,12,15-16,18-19,21,24,26,29,31-32,52-54,58-59H,4-8,10-11,13-14,17,20,22-23,25,27-28,30,33-51H2,1-3H3,(H,57,60)/b12-9+,18-15+,19-16-,26-24-,31-29-,32-21-. The topological polar surface area (TPSA) is 95.9 Å². The van der Waals surface area contributed by atoms with Crippen LogP contribution in [-0.2, 0) is 14.3 Å². The van der Waals surface area contributed by atoms with Gasteiger partial charge in [0, 0.05) is 6.42 Å². The summed E-state index contributed by atoms with van der Waals surface area (Å²) in [6.45, 7) is 6.31. The largest absolute Gasteiger partial charge is 0.462 e. The number of rotatable bonds is 46. The summed E-state index contributed by atoms with van der Waals surface area (Å²) in [7, 11) is 0. The Balaban J connectivity index is 4.58. The summed E-state index contributed by atoms with van der Waals surface area (Å²) >= 11 is 0. The third kappa shape index (κ3) is 43.9. The molecule has 0 aliphatic heterocycles. The van der Waals surface area contributed by atoms with Gasteiger partial charge in [-0.15, -0.1) is 0 Å². The van der Waals surface area contributed by atoms with E-state index in [4.69, 9.17) is 4.74 Å². The second-order valence-electron chi connectivity index (χ2n) is 17.6. The molecule has 1 amide bonds. The first-order valence-electron chi connectivity index (χ1n) is 26.2. The van der Waals surface area contributed by atoms with E-state index in [1.807, 2.05) is 12.2 Å². The van der Waals surface area contributed by atoms with Gasteiger partial charge < -0.3 is 20.3 Å². The normalized spacial score (nSPS) is 13.8. The summed E-state index contributed by atoms with van der Waals surface area (Å²) in [4.78, 5) is 26.1. The minimum atomic E-state index is -0.804. The van der Waals surface area contributed by atoms with Crippen molar-refractivity contribution in [3.05, 3.63) is 72.9 Å². The summed E-state index contributed by atoms with van der Waals surface area (Å²) in [6.07, 6.45) is 62.5. The minimum absolute atomic E-state index is 0.0428. The zero-order valence-corrected chi connectivity index (χ0v) is 40.7. The van der Waals surface area contributed by atoms with Crippen LogP contribution in [0, 0.1) is 0 Å². The average molecular weight is 866 g/mol. The fraction of sp³-hybridized carbons (Fsp3) is 0.750. The molecule has 6 nitrogen and oxygen atoms in total. The second kappa shape index (κ2) is 49.3. The molecule has 0 aliphatic rings. The molecule has 3 unspecified atom stereocenters. The van der Waals surface area contributed by atoms with Crippen molar-refractivity contribution in [3.63, 3.8) is 0 Å². The lowest BCUT2D eigenvalue weighted by Crippen LogP contribution is -2.46. The van der Waals surface area contributed by atoms with Crippen LogP contribution in [0.5, 0.6) is 0 Å². The van der Waals surface area contributed by atoms with E-state index in [1.165, 1.54) is 103 Å². The monoisotopic (exact) mass is 866 g/mol. The lowest BCUT2D eigenvalue weighted by atomic mass is 10.0. The SMILES string of the molecule is CC/C=C/C=C/C=C\CCCCCC(CC(=O)NC(CO)C(O)CCCCCCCCCCCCCCCCC)OC(=O)CCCCCC/C=C\C/C=C\C/C=C\CCCCC. The number of nitrogens with one attached hydrogen (secondary N) is 1. The first-order chi connectivity index (χ1) is 30.5. The van der Waals surface area contributed by atoms with Crippen LogP contribution in [0.4, 0.5) is 0 Å². The van der Waals surface area contributed by atoms with Gasteiger partial charge in [0.25, 0.3) is 0 Å². The minimum Gasteiger partial charge on any atom is -0.462 e. The van der Waals surface area contributed by atoms with Gasteiger partial charge in [0.2, 0.25) is 5.91 Å². The summed E-state index contributed by atoms with van der Waals surface area (Å²) < 4.78 is 5.90. The molecule has 0 heterocycles. The van der Waals surface area contributed by atoms with Crippen LogP contribution < -0.4 is 5.32 Å². The van der Waals surface area contributed by atoms with Gasteiger partial charge in [-0.25, -0.2) is 0 Å². The molecule has 0 radical (unpaired) electrons. The lowest BCUT2D eigenvalue weighted by Gasteiger charge is -2.24. The highest BCUT2D eigenvalue weighted by Gasteiger charge is 2.24. The maximum atomic E-state index is 13.2. The van der Waals surface area contributed by atoms with Crippen LogP contribution >= 0.6 is 0 Å². The fourth-order valence-corrected chi connectivity index (χ4v) is 7.61. The third-order valence-corrected chi connectivity index (χ3v) is 11.6. The fourth-order valence-electron chi connectivity index (χ4n) is 7.61. The van der Waals surface area contributed by atoms with Crippen molar-refractivity contribution in [1.82, 2.24) is 5.32 Å². The van der Waals surface area contributed by atoms with Crippen molar-refractivity contribution < 1.29 is 24.5 Å². The molecule has 62 heavy (non-hydrogen) atoms. The van der Waals surface area contributed by atoms with Gasteiger partial charge in [-0.2, -0.15) is 0 Å². The predicted molar refractivity (Wildman–Crippen MR) is 268 cm³/mol. The van der Waals surface area contributed by atoms with Crippen LogP contribution in [0.15, 0.2) is 72.9 Å². The molecular weight excluding hydrogens is 767 g/mol. The number of aliphatic hydroxyl groups excluding tert-OH is 2. The smallest absolute Gasteiger partial charge is 0.306 e. The maximum Gasteiger partial charge on any atom is 0.306 e. The number of ether oxygens (including phenoxy) is 1. The Morgan fingerprint density at radius 1 is 0.500 bits per heavy atom. The van der Waals surface area contributed by atoms with Crippen LogP contribution in [0.2, 0.25) is 0 Å². The van der Waals surface area contributed by atoms with E-state index in [0.717, 1.165) is 96.3 Å². The highest BCUT2D eigenvalue weighted by molar-refractivity contribution is 5.77. The zero-order chi connectivity index (χ0) is 45.2. The van der Waals surface area contributed by atoms with Gasteiger partial charge in [-0.3, -0.25) is 9.59 Å². The molecule has 0 aromatic rings. The molecule has 0 saturated heterocycles. The van der Waals surface area contributed by atoms with E-state index < -0.39 is 18.2 Å². The molecule has 0 fully saturated rings.